The predicted molar refractivity (Wildman–Crippen MR) is 45.1 cm³/mol. The van der Waals surface area contributed by atoms with E-state index in [0.29, 0.717) is 5.69 Å². The van der Waals surface area contributed by atoms with Crippen LogP contribution in [0.1, 0.15) is 12.6 Å². The van der Waals surface area contributed by atoms with Crippen LogP contribution in [0.3, 0.4) is 0 Å². The number of aromatic nitrogens is 1. The van der Waals surface area contributed by atoms with E-state index in [-0.39, 0.29) is 11.3 Å². The van der Waals surface area contributed by atoms with E-state index in [4.69, 9.17) is 10.4 Å². The van der Waals surface area contributed by atoms with Crippen molar-refractivity contribution in [2.45, 2.75) is 6.92 Å². The quantitative estimate of drug-likeness (QED) is 0.504. The molecule has 0 radical (unpaired) electrons. The van der Waals surface area contributed by atoms with Crippen molar-refractivity contribution in [3.8, 4) is 6.07 Å². The van der Waals surface area contributed by atoms with Gasteiger partial charge in [-0.2, -0.15) is 5.26 Å². The molecule has 3 nitrogen and oxygen atoms in total. The molecule has 0 aliphatic heterocycles. The highest BCUT2D eigenvalue weighted by Gasteiger charge is 2.03. The molecular weight excluding hydrogens is 152 g/mol. The molecule has 1 N–H and O–H groups in total. The summed E-state index contributed by atoms with van der Waals surface area (Å²) in [7, 11) is 0. The molecule has 0 saturated heterocycles. The van der Waals surface area contributed by atoms with Crippen LogP contribution in [0.25, 0.3) is 5.57 Å². The minimum absolute atomic E-state index is 0.00352. The SMILES string of the molecule is CC(O)=C(C#N)c1ccccn1. The van der Waals surface area contributed by atoms with Crippen LogP contribution in [0.4, 0.5) is 0 Å². The maximum absolute atomic E-state index is 9.08. The highest BCUT2D eigenvalue weighted by Crippen LogP contribution is 2.12. The molecule has 0 aromatic carbocycles. The van der Waals surface area contributed by atoms with Gasteiger partial charge in [-0.25, -0.2) is 0 Å². The largest absolute Gasteiger partial charge is 0.511 e. The number of nitrogens with zero attached hydrogens (tertiary/aromatic N) is 2. The van der Waals surface area contributed by atoms with Gasteiger partial charge in [-0.3, -0.25) is 4.98 Å². The number of rotatable bonds is 1. The minimum atomic E-state index is -0.00352. The van der Waals surface area contributed by atoms with Crippen molar-refractivity contribution in [2.24, 2.45) is 0 Å². The Labute approximate surface area is 70.6 Å². The molecule has 1 aromatic heterocycles. The van der Waals surface area contributed by atoms with E-state index in [2.05, 4.69) is 4.98 Å². The minimum Gasteiger partial charge on any atom is -0.511 e. The van der Waals surface area contributed by atoms with E-state index < -0.39 is 0 Å². The maximum Gasteiger partial charge on any atom is 0.115 e. The van der Waals surface area contributed by atoms with E-state index in [9.17, 15) is 0 Å². The molecule has 1 heterocycles. The lowest BCUT2D eigenvalue weighted by atomic mass is 10.1. The summed E-state index contributed by atoms with van der Waals surface area (Å²) in [6.45, 7) is 1.47. The van der Waals surface area contributed by atoms with E-state index in [1.165, 1.54) is 6.92 Å². The third kappa shape index (κ3) is 1.61. The monoisotopic (exact) mass is 160 g/mol. The fourth-order valence-corrected chi connectivity index (χ4v) is 0.834. The lowest BCUT2D eigenvalue weighted by Gasteiger charge is -1.97. The topological polar surface area (TPSA) is 56.9 Å². The van der Waals surface area contributed by atoms with Crippen LogP contribution < -0.4 is 0 Å². The lowest BCUT2D eigenvalue weighted by molar-refractivity contribution is 0.417. The van der Waals surface area contributed by atoms with Crippen LogP contribution in [0.5, 0.6) is 0 Å². The summed E-state index contributed by atoms with van der Waals surface area (Å²) < 4.78 is 0. The van der Waals surface area contributed by atoms with Gasteiger partial charge < -0.3 is 5.11 Å². The van der Waals surface area contributed by atoms with Crippen molar-refractivity contribution in [3.63, 3.8) is 0 Å². The molecule has 60 valence electrons. The maximum atomic E-state index is 9.08. The molecule has 0 fully saturated rings. The van der Waals surface area contributed by atoms with Gasteiger partial charge in [0.15, 0.2) is 0 Å². The molecular formula is C9H8N2O. The number of aliphatic hydroxyl groups excluding tert-OH is 1. The Hall–Kier alpha value is -1.82. The predicted octanol–water partition coefficient (Wildman–Crippen LogP) is 1.89. The summed E-state index contributed by atoms with van der Waals surface area (Å²) in [6, 6.07) is 7.09. The van der Waals surface area contributed by atoms with Crippen molar-refractivity contribution in [2.75, 3.05) is 0 Å². The van der Waals surface area contributed by atoms with Crippen molar-refractivity contribution >= 4 is 5.57 Å². The third-order valence-corrected chi connectivity index (χ3v) is 1.39. The van der Waals surface area contributed by atoms with Crippen molar-refractivity contribution in [3.05, 3.63) is 35.8 Å². The summed E-state index contributed by atoms with van der Waals surface area (Å²) in [4.78, 5) is 3.93. The number of pyridine rings is 1. The average molecular weight is 160 g/mol. The van der Waals surface area contributed by atoms with Crippen LogP contribution in [-0.2, 0) is 0 Å². The van der Waals surface area contributed by atoms with Crippen LogP contribution in [0, 0.1) is 11.3 Å². The summed E-state index contributed by atoms with van der Waals surface area (Å²) in [5.74, 6) is -0.00352. The zero-order valence-electron chi connectivity index (χ0n) is 6.65. The van der Waals surface area contributed by atoms with Gasteiger partial charge in [0, 0.05) is 6.20 Å². The zero-order valence-corrected chi connectivity index (χ0v) is 6.65. The molecule has 0 unspecified atom stereocenters. The average Bonchev–Trinajstić information content (AvgIpc) is 2.07. The first-order chi connectivity index (χ1) is 5.75. The van der Waals surface area contributed by atoms with Crippen molar-refractivity contribution in [1.29, 1.82) is 5.26 Å². The Balaban J connectivity index is 3.17. The molecule has 0 aliphatic rings. The van der Waals surface area contributed by atoms with Gasteiger partial charge >= 0.3 is 0 Å². The summed E-state index contributed by atoms with van der Waals surface area (Å²) >= 11 is 0. The first-order valence-electron chi connectivity index (χ1n) is 3.47. The first kappa shape index (κ1) is 8.28. The lowest BCUT2D eigenvalue weighted by Crippen LogP contribution is -1.88. The van der Waals surface area contributed by atoms with Gasteiger partial charge in [0.25, 0.3) is 0 Å². The number of nitriles is 1. The Bertz CT molecular complexity index is 331. The van der Waals surface area contributed by atoms with E-state index in [0.717, 1.165) is 0 Å². The number of hydrogen-bond acceptors (Lipinski definition) is 3. The van der Waals surface area contributed by atoms with Crippen LogP contribution in [0.15, 0.2) is 30.2 Å². The Kier molecular flexibility index (Phi) is 2.44. The normalized spacial score (nSPS) is 11.7. The molecule has 1 aromatic rings. The van der Waals surface area contributed by atoms with Gasteiger partial charge in [0.1, 0.15) is 17.4 Å². The molecule has 12 heavy (non-hydrogen) atoms. The van der Waals surface area contributed by atoms with Gasteiger partial charge in [-0.05, 0) is 19.1 Å². The number of aliphatic hydroxyl groups is 1. The van der Waals surface area contributed by atoms with E-state index in [1.807, 2.05) is 6.07 Å². The second-order valence-corrected chi connectivity index (χ2v) is 2.29. The molecule has 0 amide bonds. The Morgan fingerprint density at radius 2 is 2.33 bits per heavy atom. The highest BCUT2D eigenvalue weighted by atomic mass is 16.3. The fraction of sp³-hybridized carbons (Fsp3) is 0.111. The van der Waals surface area contributed by atoms with E-state index >= 15 is 0 Å². The third-order valence-electron chi connectivity index (χ3n) is 1.39. The first-order valence-corrected chi connectivity index (χ1v) is 3.47. The van der Waals surface area contributed by atoms with Crippen LogP contribution in [0.2, 0.25) is 0 Å². The van der Waals surface area contributed by atoms with Gasteiger partial charge in [0.05, 0.1) is 5.69 Å². The standard InChI is InChI=1S/C9H8N2O/c1-7(12)8(6-10)9-4-2-3-5-11-9/h2-5,12H,1H3. The number of hydrogen-bond donors (Lipinski definition) is 1. The molecule has 0 bridgehead atoms. The summed E-state index contributed by atoms with van der Waals surface area (Å²) in [5, 5.41) is 17.7. The van der Waals surface area contributed by atoms with Crippen molar-refractivity contribution < 1.29 is 5.11 Å². The second kappa shape index (κ2) is 3.54. The molecule has 3 heteroatoms. The molecule has 0 aliphatic carbocycles. The Morgan fingerprint density at radius 1 is 1.58 bits per heavy atom. The molecule has 0 saturated carbocycles. The zero-order chi connectivity index (χ0) is 8.97. The van der Waals surface area contributed by atoms with Gasteiger partial charge in [0.2, 0.25) is 0 Å². The van der Waals surface area contributed by atoms with Gasteiger partial charge in [-0.1, -0.05) is 6.07 Å². The van der Waals surface area contributed by atoms with Crippen LogP contribution >= 0.6 is 0 Å². The molecule has 1 rings (SSSR count). The van der Waals surface area contributed by atoms with Crippen LogP contribution in [-0.4, -0.2) is 10.1 Å². The summed E-state index contributed by atoms with van der Waals surface area (Å²) in [6.07, 6.45) is 1.58. The molecule has 0 spiro atoms. The molecule has 0 atom stereocenters. The fourth-order valence-electron chi connectivity index (χ4n) is 0.834. The highest BCUT2D eigenvalue weighted by molar-refractivity contribution is 5.75. The Morgan fingerprint density at radius 3 is 2.75 bits per heavy atom. The smallest absolute Gasteiger partial charge is 0.115 e. The second-order valence-electron chi connectivity index (χ2n) is 2.29. The summed E-state index contributed by atoms with van der Waals surface area (Å²) in [5.41, 5.74) is 0.718. The number of allylic oxidation sites excluding steroid dienone is 2. The van der Waals surface area contributed by atoms with Crippen molar-refractivity contribution in [1.82, 2.24) is 4.98 Å². The van der Waals surface area contributed by atoms with Gasteiger partial charge in [-0.15, -0.1) is 0 Å². The van der Waals surface area contributed by atoms with E-state index in [1.54, 1.807) is 24.4 Å².